The fraction of sp³-hybridized carbons (Fsp3) is 0.0833. The molecule has 0 saturated carbocycles. The zero-order valence-electron chi connectivity index (χ0n) is 9.61. The second-order valence-electron chi connectivity index (χ2n) is 3.88. The molecular formula is C12H9Cl2N3O2. The molecule has 5 nitrogen and oxygen atoms in total. The van der Waals surface area contributed by atoms with Crippen LogP contribution in [0.2, 0.25) is 10.0 Å². The van der Waals surface area contributed by atoms with Crippen LogP contribution in [0, 0.1) is 0 Å². The van der Waals surface area contributed by atoms with E-state index in [1.807, 2.05) is 6.07 Å². The molecule has 0 aliphatic carbocycles. The number of hydrogen-bond donors (Lipinski definition) is 2. The minimum Gasteiger partial charge on any atom is -0.454 e. The molecule has 98 valence electrons. The summed E-state index contributed by atoms with van der Waals surface area (Å²) in [7, 11) is 0. The maximum absolute atomic E-state index is 6.05. The van der Waals surface area contributed by atoms with Crippen LogP contribution in [0.25, 0.3) is 0 Å². The van der Waals surface area contributed by atoms with E-state index < -0.39 is 0 Å². The highest BCUT2D eigenvalue weighted by Crippen LogP contribution is 2.36. The Morgan fingerprint density at radius 2 is 1.89 bits per heavy atom. The summed E-state index contributed by atoms with van der Waals surface area (Å²) in [5.74, 6) is 2.03. The lowest BCUT2D eigenvalue weighted by molar-refractivity contribution is 0.174. The molecule has 0 atom stereocenters. The number of nitrogens with one attached hydrogen (secondary N) is 1. The van der Waals surface area contributed by atoms with Gasteiger partial charge in [0.15, 0.2) is 17.3 Å². The highest BCUT2D eigenvalue weighted by atomic mass is 35.5. The number of rotatable bonds is 2. The van der Waals surface area contributed by atoms with Gasteiger partial charge in [-0.05, 0) is 18.2 Å². The highest BCUT2D eigenvalue weighted by Gasteiger charge is 2.14. The zero-order valence-corrected chi connectivity index (χ0v) is 11.1. The van der Waals surface area contributed by atoms with E-state index in [1.54, 1.807) is 18.2 Å². The molecule has 0 unspecified atom stereocenters. The van der Waals surface area contributed by atoms with E-state index in [0.29, 0.717) is 27.4 Å². The topological polar surface area (TPSA) is 69.4 Å². The molecule has 7 heteroatoms. The summed E-state index contributed by atoms with van der Waals surface area (Å²) in [6, 6.07) is 6.97. The van der Waals surface area contributed by atoms with Gasteiger partial charge in [-0.2, -0.15) is 0 Å². The Hall–Kier alpha value is -1.85. The van der Waals surface area contributed by atoms with Crippen molar-refractivity contribution in [1.29, 1.82) is 0 Å². The fourth-order valence-electron chi connectivity index (χ4n) is 1.68. The molecule has 1 aliphatic heterocycles. The van der Waals surface area contributed by atoms with Gasteiger partial charge < -0.3 is 20.5 Å². The smallest absolute Gasteiger partial charge is 0.231 e. The van der Waals surface area contributed by atoms with E-state index in [2.05, 4.69) is 10.3 Å². The normalized spacial score (nSPS) is 12.5. The SMILES string of the molecule is Nc1nc(Nc2ccc3c(c2)OCO3)c(Cl)cc1Cl. The number of ether oxygens (including phenoxy) is 2. The van der Waals surface area contributed by atoms with Gasteiger partial charge in [-0.25, -0.2) is 4.98 Å². The van der Waals surface area contributed by atoms with Crippen LogP contribution in [0.1, 0.15) is 0 Å². The summed E-state index contributed by atoms with van der Waals surface area (Å²) in [5, 5.41) is 3.76. The first-order chi connectivity index (χ1) is 9.13. The second kappa shape index (κ2) is 4.68. The number of pyridine rings is 1. The Bertz CT molecular complexity index is 649. The molecule has 0 fully saturated rings. The molecule has 0 saturated heterocycles. The third kappa shape index (κ3) is 2.34. The first kappa shape index (κ1) is 12.2. The third-order valence-electron chi connectivity index (χ3n) is 2.59. The Balaban J connectivity index is 1.91. The van der Waals surface area contributed by atoms with Crippen LogP contribution in [0.4, 0.5) is 17.3 Å². The van der Waals surface area contributed by atoms with E-state index in [9.17, 15) is 0 Å². The molecule has 3 N–H and O–H groups in total. The second-order valence-corrected chi connectivity index (χ2v) is 4.69. The number of nitrogens with two attached hydrogens (primary N) is 1. The predicted octanol–water partition coefficient (Wildman–Crippen LogP) is 3.44. The number of benzene rings is 1. The van der Waals surface area contributed by atoms with Crippen LogP contribution in [0.5, 0.6) is 11.5 Å². The van der Waals surface area contributed by atoms with Gasteiger partial charge in [-0.15, -0.1) is 0 Å². The molecule has 0 amide bonds. The summed E-state index contributed by atoms with van der Waals surface area (Å²) < 4.78 is 10.5. The van der Waals surface area contributed by atoms with Crippen molar-refractivity contribution < 1.29 is 9.47 Å². The van der Waals surface area contributed by atoms with Gasteiger partial charge in [0.2, 0.25) is 6.79 Å². The van der Waals surface area contributed by atoms with Crippen molar-refractivity contribution in [3.8, 4) is 11.5 Å². The van der Waals surface area contributed by atoms with Gasteiger partial charge in [0.05, 0.1) is 10.0 Å². The number of aromatic nitrogens is 1. The van der Waals surface area contributed by atoms with E-state index in [-0.39, 0.29) is 12.6 Å². The monoisotopic (exact) mass is 297 g/mol. The molecule has 3 rings (SSSR count). The van der Waals surface area contributed by atoms with Gasteiger partial charge >= 0.3 is 0 Å². The largest absolute Gasteiger partial charge is 0.454 e. The van der Waals surface area contributed by atoms with E-state index >= 15 is 0 Å². The molecule has 2 aromatic rings. The summed E-state index contributed by atoms with van der Waals surface area (Å²) >= 11 is 11.9. The Kier molecular flexibility index (Phi) is 3.00. The average molecular weight is 298 g/mol. The maximum atomic E-state index is 6.05. The summed E-state index contributed by atoms with van der Waals surface area (Å²) in [6.07, 6.45) is 0. The van der Waals surface area contributed by atoms with Gasteiger partial charge in [-0.1, -0.05) is 23.2 Å². The Morgan fingerprint density at radius 3 is 2.74 bits per heavy atom. The molecule has 2 heterocycles. The summed E-state index contributed by atoms with van der Waals surface area (Å²) in [4.78, 5) is 4.09. The van der Waals surface area contributed by atoms with Crippen LogP contribution < -0.4 is 20.5 Å². The average Bonchev–Trinajstić information content (AvgIpc) is 2.83. The van der Waals surface area contributed by atoms with Crippen molar-refractivity contribution in [1.82, 2.24) is 4.98 Å². The minimum atomic E-state index is 0.217. The van der Waals surface area contributed by atoms with Gasteiger partial charge in [-0.3, -0.25) is 0 Å². The van der Waals surface area contributed by atoms with Crippen molar-refractivity contribution in [2.45, 2.75) is 0 Å². The quantitative estimate of drug-likeness (QED) is 0.888. The zero-order chi connectivity index (χ0) is 13.4. The molecule has 1 aromatic heterocycles. The van der Waals surface area contributed by atoms with Crippen LogP contribution >= 0.6 is 23.2 Å². The highest BCUT2D eigenvalue weighted by molar-refractivity contribution is 6.37. The van der Waals surface area contributed by atoms with E-state index in [1.165, 1.54) is 0 Å². The molecule has 1 aromatic carbocycles. The molecular weight excluding hydrogens is 289 g/mol. The lowest BCUT2D eigenvalue weighted by Gasteiger charge is -2.09. The summed E-state index contributed by atoms with van der Waals surface area (Å²) in [5.41, 5.74) is 6.41. The lowest BCUT2D eigenvalue weighted by Crippen LogP contribution is -1.99. The van der Waals surface area contributed by atoms with E-state index in [0.717, 1.165) is 5.69 Å². The fourth-order valence-corrected chi connectivity index (χ4v) is 2.09. The van der Waals surface area contributed by atoms with Gasteiger partial charge in [0.25, 0.3) is 0 Å². The minimum absolute atomic E-state index is 0.217. The van der Waals surface area contributed by atoms with Gasteiger partial charge in [0, 0.05) is 11.8 Å². The molecule has 0 radical (unpaired) electrons. The van der Waals surface area contributed by atoms with Crippen molar-refractivity contribution >= 4 is 40.5 Å². The van der Waals surface area contributed by atoms with Crippen LogP contribution in [0.15, 0.2) is 24.3 Å². The predicted molar refractivity (Wildman–Crippen MR) is 74.5 cm³/mol. The van der Waals surface area contributed by atoms with Crippen LogP contribution in [-0.4, -0.2) is 11.8 Å². The van der Waals surface area contributed by atoms with Crippen LogP contribution in [0.3, 0.4) is 0 Å². The molecule has 0 bridgehead atoms. The lowest BCUT2D eigenvalue weighted by atomic mass is 10.2. The third-order valence-corrected chi connectivity index (χ3v) is 3.18. The Labute approximate surface area is 119 Å². The van der Waals surface area contributed by atoms with Gasteiger partial charge in [0.1, 0.15) is 5.82 Å². The Morgan fingerprint density at radius 1 is 1.11 bits per heavy atom. The summed E-state index contributed by atoms with van der Waals surface area (Å²) in [6.45, 7) is 0.228. The molecule has 0 spiro atoms. The number of nitrogen functional groups attached to an aromatic ring is 1. The van der Waals surface area contributed by atoms with Crippen molar-refractivity contribution in [3.05, 3.63) is 34.3 Å². The van der Waals surface area contributed by atoms with Crippen LogP contribution in [-0.2, 0) is 0 Å². The first-order valence-corrected chi connectivity index (χ1v) is 6.17. The number of halogens is 2. The number of anilines is 3. The van der Waals surface area contributed by atoms with Crippen molar-refractivity contribution in [3.63, 3.8) is 0 Å². The number of fused-ring (bicyclic) bond motifs is 1. The molecule has 19 heavy (non-hydrogen) atoms. The van der Waals surface area contributed by atoms with Crippen molar-refractivity contribution in [2.75, 3.05) is 17.8 Å². The maximum Gasteiger partial charge on any atom is 0.231 e. The standard InChI is InChI=1S/C12H9Cl2N3O2/c13-7-4-8(14)12(17-11(7)15)16-6-1-2-9-10(3-6)19-5-18-9/h1-4H,5H2,(H3,15,16,17). The van der Waals surface area contributed by atoms with Crippen molar-refractivity contribution in [2.24, 2.45) is 0 Å². The number of nitrogens with zero attached hydrogens (tertiary/aromatic N) is 1. The molecule has 1 aliphatic rings. The number of hydrogen-bond acceptors (Lipinski definition) is 5. The first-order valence-electron chi connectivity index (χ1n) is 5.41. The van der Waals surface area contributed by atoms with E-state index in [4.69, 9.17) is 38.4 Å².